The summed E-state index contributed by atoms with van der Waals surface area (Å²) in [6, 6.07) is 18.0. The molecule has 0 spiro atoms. The van der Waals surface area contributed by atoms with Crippen LogP contribution >= 0.6 is 0 Å². The molecule has 1 amide bonds. The molecule has 0 saturated heterocycles. The summed E-state index contributed by atoms with van der Waals surface area (Å²) in [5, 5.41) is 14.5. The van der Waals surface area contributed by atoms with E-state index in [4.69, 9.17) is 0 Å². The Balaban J connectivity index is 1.75. The molecule has 3 aromatic rings. The maximum atomic E-state index is 13.1. The number of nitrogens with zero attached hydrogens (tertiary/aromatic N) is 4. The zero-order valence-electron chi connectivity index (χ0n) is 16.0. The Kier molecular flexibility index (Phi) is 6.67. The molecule has 0 aliphatic carbocycles. The van der Waals surface area contributed by atoms with Crippen molar-refractivity contribution in [3.05, 3.63) is 94.7 Å². The number of rotatable bonds is 8. The monoisotopic (exact) mass is 439 g/mol. The number of nitrogens with one attached hydrogen (secondary N) is 1. The third-order valence-electron chi connectivity index (χ3n) is 4.03. The minimum Gasteiger partial charge on any atom is -0.271 e. The third-order valence-corrected chi connectivity index (χ3v) is 5.79. The molecule has 0 saturated carbocycles. The molecule has 10 nitrogen and oxygen atoms in total. The van der Waals surface area contributed by atoms with Crippen LogP contribution in [0.3, 0.4) is 0 Å². The van der Waals surface area contributed by atoms with Gasteiger partial charge >= 0.3 is 0 Å². The van der Waals surface area contributed by atoms with Gasteiger partial charge in [0.1, 0.15) is 12.4 Å². The van der Waals surface area contributed by atoms with E-state index in [2.05, 4.69) is 15.5 Å². The van der Waals surface area contributed by atoms with Crippen molar-refractivity contribution in [2.45, 2.75) is 4.90 Å². The zero-order chi connectivity index (χ0) is 22.3. The Morgan fingerprint density at radius 2 is 1.74 bits per heavy atom. The first kappa shape index (κ1) is 21.6. The molecule has 0 unspecified atom stereocenters. The fourth-order valence-electron chi connectivity index (χ4n) is 2.54. The largest absolute Gasteiger partial charge is 0.271 e. The number of aromatic nitrogens is 1. The highest BCUT2D eigenvalue weighted by atomic mass is 32.2. The number of anilines is 1. The predicted molar refractivity (Wildman–Crippen MR) is 114 cm³/mol. The van der Waals surface area contributed by atoms with Gasteiger partial charge in [-0.15, -0.1) is 0 Å². The van der Waals surface area contributed by atoms with Crippen LogP contribution in [0.15, 0.2) is 89.0 Å². The number of non-ortho nitro benzene ring substituents is 1. The second-order valence-electron chi connectivity index (χ2n) is 6.15. The van der Waals surface area contributed by atoms with Crippen LogP contribution in [0.5, 0.6) is 0 Å². The molecular formula is C20H17N5O5S. The van der Waals surface area contributed by atoms with E-state index in [1.807, 2.05) is 0 Å². The van der Waals surface area contributed by atoms with E-state index < -0.39 is 27.4 Å². The van der Waals surface area contributed by atoms with Crippen molar-refractivity contribution in [1.29, 1.82) is 0 Å². The van der Waals surface area contributed by atoms with E-state index in [0.29, 0.717) is 5.56 Å². The van der Waals surface area contributed by atoms with E-state index in [0.717, 1.165) is 4.31 Å². The van der Waals surface area contributed by atoms with Gasteiger partial charge in [-0.2, -0.15) is 5.10 Å². The number of pyridine rings is 1. The number of hydrogen-bond acceptors (Lipinski definition) is 7. The normalized spacial score (nSPS) is 11.2. The van der Waals surface area contributed by atoms with E-state index >= 15 is 0 Å². The van der Waals surface area contributed by atoms with Crippen molar-refractivity contribution in [1.82, 2.24) is 10.4 Å². The highest BCUT2D eigenvalue weighted by Crippen LogP contribution is 2.21. The smallest absolute Gasteiger partial charge is 0.269 e. The number of benzene rings is 2. The highest BCUT2D eigenvalue weighted by Gasteiger charge is 2.27. The highest BCUT2D eigenvalue weighted by molar-refractivity contribution is 7.92. The van der Waals surface area contributed by atoms with Crippen molar-refractivity contribution >= 4 is 33.7 Å². The van der Waals surface area contributed by atoms with Gasteiger partial charge in [-0.25, -0.2) is 23.1 Å². The van der Waals surface area contributed by atoms with E-state index in [1.165, 1.54) is 54.9 Å². The van der Waals surface area contributed by atoms with Crippen molar-refractivity contribution in [2.75, 3.05) is 10.8 Å². The number of amides is 1. The molecule has 0 aliphatic heterocycles. The van der Waals surface area contributed by atoms with E-state index in [9.17, 15) is 23.3 Å². The summed E-state index contributed by atoms with van der Waals surface area (Å²) >= 11 is 0. The first-order chi connectivity index (χ1) is 14.9. The van der Waals surface area contributed by atoms with Crippen LogP contribution in [0.2, 0.25) is 0 Å². The van der Waals surface area contributed by atoms with Crippen LogP contribution in [-0.4, -0.2) is 37.0 Å². The first-order valence-electron chi connectivity index (χ1n) is 8.93. The summed E-state index contributed by atoms with van der Waals surface area (Å²) in [6.45, 7) is -0.550. The van der Waals surface area contributed by atoms with Gasteiger partial charge in [-0.05, 0) is 42.0 Å². The number of hydrazone groups is 1. The van der Waals surface area contributed by atoms with E-state index in [-0.39, 0.29) is 16.4 Å². The third kappa shape index (κ3) is 5.48. The predicted octanol–water partition coefficient (Wildman–Crippen LogP) is 2.34. The lowest BCUT2D eigenvalue weighted by molar-refractivity contribution is -0.384. The molecule has 1 aromatic heterocycles. The molecule has 11 heteroatoms. The molecule has 3 rings (SSSR count). The maximum absolute atomic E-state index is 13.1. The van der Waals surface area contributed by atoms with Crippen molar-refractivity contribution in [2.24, 2.45) is 5.10 Å². The molecule has 2 aromatic carbocycles. The van der Waals surface area contributed by atoms with Crippen LogP contribution in [0.4, 0.5) is 11.5 Å². The van der Waals surface area contributed by atoms with Crippen LogP contribution in [0.1, 0.15) is 5.56 Å². The lowest BCUT2D eigenvalue weighted by Gasteiger charge is -2.22. The standard InChI is InChI=1S/C20H17N5O5S/c26-20(23-22-14-16-9-11-17(12-10-16)25(27)28)15-24(19-8-4-5-13-21-19)31(29,30)18-6-2-1-3-7-18/h1-14H,15H2,(H,23,26)/b22-14-. The second kappa shape index (κ2) is 9.59. The summed E-state index contributed by atoms with van der Waals surface area (Å²) in [4.78, 5) is 26.6. The van der Waals surface area contributed by atoms with Gasteiger partial charge < -0.3 is 0 Å². The molecule has 31 heavy (non-hydrogen) atoms. The second-order valence-corrected chi connectivity index (χ2v) is 8.02. The summed E-state index contributed by atoms with van der Waals surface area (Å²) in [5.74, 6) is -0.607. The molecule has 1 N–H and O–H groups in total. The number of nitro benzene ring substituents is 1. The SMILES string of the molecule is O=C(CN(c1ccccn1)S(=O)(=O)c1ccccc1)N/N=C\c1ccc([N+](=O)[O-])cc1. The topological polar surface area (TPSA) is 135 Å². The number of carbonyl (C=O) groups excluding carboxylic acids is 1. The summed E-state index contributed by atoms with van der Waals surface area (Å²) in [6.07, 6.45) is 2.71. The summed E-state index contributed by atoms with van der Waals surface area (Å²) in [7, 11) is -4.05. The Labute approximate surface area is 178 Å². The molecule has 1 heterocycles. The molecule has 0 aliphatic rings. The Bertz CT molecular complexity index is 1180. The van der Waals surface area contributed by atoms with Gasteiger partial charge in [0.15, 0.2) is 0 Å². The van der Waals surface area contributed by atoms with Gasteiger partial charge in [-0.1, -0.05) is 24.3 Å². The van der Waals surface area contributed by atoms with Crippen LogP contribution < -0.4 is 9.73 Å². The average Bonchev–Trinajstić information content (AvgIpc) is 2.79. The van der Waals surface area contributed by atoms with Crippen molar-refractivity contribution in [3.63, 3.8) is 0 Å². The first-order valence-corrected chi connectivity index (χ1v) is 10.4. The number of hydrogen-bond donors (Lipinski definition) is 1. The number of sulfonamides is 1. The van der Waals surface area contributed by atoms with Crippen molar-refractivity contribution < 1.29 is 18.1 Å². The summed E-state index contributed by atoms with van der Waals surface area (Å²) in [5.41, 5.74) is 2.70. The maximum Gasteiger partial charge on any atom is 0.269 e. The van der Waals surface area contributed by atoms with Crippen molar-refractivity contribution in [3.8, 4) is 0 Å². The molecule has 0 bridgehead atoms. The number of carbonyl (C=O) groups is 1. The molecule has 0 atom stereocenters. The average molecular weight is 439 g/mol. The number of nitro groups is 1. The molecule has 0 radical (unpaired) electrons. The molecule has 158 valence electrons. The summed E-state index contributed by atoms with van der Waals surface area (Å²) < 4.78 is 27.0. The minimum atomic E-state index is -4.05. The quantitative estimate of drug-likeness (QED) is 0.325. The van der Waals surface area contributed by atoms with Crippen LogP contribution in [0.25, 0.3) is 0 Å². The Hall–Kier alpha value is -4.12. The fourth-order valence-corrected chi connectivity index (χ4v) is 3.93. The zero-order valence-corrected chi connectivity index (χ0v) is 16.8. The minimum absolute atomic E-state index is 0.0165. The lowest BCUT2D eigenvalue weighted by atomic mass is 10.2. The van der Waals surface area contributed by atoms with Gasteiger partial charge in [0.05, 0.1) is 16.0 Å². The van der Waals surface area contributed by atoms with Gasteiger partial charge in [-0.3, -0.25) is 14.9 Å². The molecular weight excluding hydrogens is 422 g/mol. The Morgan fingerprint density at radius 1 is 1.06 bits per heavy atom. The van der Waals surface area contributed by atoms with Gasteiger partial charge in [0.2, 0.25) is 0 Å². The van der Waals surface area contributed by atoms with Gasteiger partial charge in [0.25, 0.3) is 21.6 Å². The van der Waals surface area contributed by atoms with Gasteiger partial charge in [0, 0.05) is 18.3 Å². The lowest BCUT2D eigenvalue weighted by Crippen LogP contribution is -2.40. The molecule has 0 fully saturated rings. The Morgan fingerprint density at radius 3 is 2.35 bits per heavy atom. The fraction of sp³-hybridized carbons (Fsp3) is 0.0500. The van der Waals surface area contributed by atoms with E-state index in [1.54, 1.807) is 30.3 Å². The van der Waals surface area contributed by atoms with Crippen LogP contribution in [-0.2, 0) is 14.8 Å². The van der Waals surface area contributed by atoms with Crippen LogP contribution in [0, 0.1) is 10.1 Å².